The van der Waals surface area contributed by atoms with Crippen molar-refractivity contribution in [3.05, 3.63) is 106 Å². The molecule has 1 unspecified atom stereocenters. The Hall–Kier alpha value is -3.57. The van der Waals surface area contributed by atoms with Gasteiger partial charge < -0.3 is 14.7 Å². The van der Waals surface area contributed by atoms with E-state index in [1.807, 2.05) is 43.3 Å². The lowest BCUT2D eigenvalue weighted by Gasteiger charge is -2.25. The number of aliphatic hydroxyl groups excluding tert-OH is 1. The molecule has 0 spiro atoms. The molecule has 168 valence electrons. The Morgan fingerprint density at radius 1 is 1.00 bits per heavy atom. The van der Waals surface area contributed by atoms with Crippen LogP contribution in [0, 0.1) is 0 Å². The number of hydrogen-bond donors (Lipinski definition) is 1. The van der Waals surface area contributed by atoms with Gasteiger partial charge in [-0.3, -0.25) is 9.59 Å². The molecule has 4 rings (SSSR count). The highest BCUT2D eigenvalue weighted by Crippen LogP contribution is 2.40. The van der Waals surface area contributed by atoms with Gasteiger partial charge in [-0.2, -0.15) is 0 Å². The topological polar surface area (TPSA) is 66.8 Å². The summed E-state index contributed by atoms with van der Waals surface area (Å²) in [6.07, 6.45) is 0.574. The van der Waals surface area contributed by atoms with Crippen LogP contribution in [0.25, 0.3) is 5.76 Å². The number of carbonyl (C=O) groups is 2. The van der Waals surface area contributed by atoms with Crippen LogP contribution < -0.4 is 4.74 Å². The third-order valence-corrected chi connectivity index (χ3v) is 5.84. The van der Waals surface area contributed by atoms with Crippen molar-refractivity contribution in [2.24, 2.45) is 0 Å². The minimum Gasteiger partial charge on any atom is -0.507 e. The molecule has 1 fully saturated rings. The van der Waals surface area contributed by atoms with Crippen LogP contribution in [0.1, 0.15) is 29.7 Å². The van der Waals surface area contributed by atoms with E-state index >= 15 is 0 Å². The second kappa shape index (κ2) is 9.92. The minimum absolute atomic E-state index is 0.0453. The third-order valence-electron chi connectivity index (χ3n) is 5.61. The van der Waals surface area contributed by atoms with Gasteiger partial charge in [-0.15, -0.1) is 0 Å². The van der Waals surface area contributed by atoms with Crippen molar-refractivity contribution < 1.29 is 19.4 Å². The summed E-state index contributed by atoms with van der Waals surface area (Å²) in [5, 5.41) is 11.7. The molecule has 1 N–H and O–H groups in total. The summed E-state index contributed by atoms with van der Waals surface area (Å²) < 4.78 is 5.53. The van der Waals surface area contributed by atoms with E-state index in [1.165, 1.54) is 4.90 Å². The number of Topliss-reactive ketones (excluding diaryl/α,β-unsaturated/α-hetero) is 1. The average molecular weight is 462 g/mol. The van der Waals surface area contributed by atoms with E-state index in [0.717, 1.165) is 5.56 Å². The fraction of sp³-hybridized carbons (Fsp3) is 0.185. The fourth-order valence-corrected chi connectivity index (χ4v) is 4.28. The van der Waals surface area contributed by atoms with Gasteiger partial charge >= 0.3 is 0 Å². The zero-order valence-electron chi connectivity index (χ0n) is 18.2. The first-order valence-electron chi connectivity index (χ1n) is 10.8. The van der Waals surface area contributed by atoms with Gasteiger partial charge in [0.1, 0.15) is 11.5 Å². The first kappa shape index (κ1) is 22.6. The van der Waals surface area contributed by atoms with Gasteiger partial charge in [-0.25, -0.2) is 0 Å². The molecule has 0 aliphatic carbocycles. The van der Waals surface area contributed by atoms with E-state index in [2.05, 4.69) is 0 Å². The summed E-state index contributed by atoms with van der Waals surface area (Å²) in [6, 6.07) is 22.9. The molecular weight excluding hydrogens is 438 g/mol. The number of ether oxygens (including phenoxy) is 1. The number of amides is 1. The van der Waals surface area contributed by atoms with Gasteiger partial charge in [0.2, 0.25) is 0 Å². The monoisotopic (exact) mass is 461 g/mol. The molecular formula is C27H24ClNO4. The second-order valence-corrected chi connectivity index (χ2v) is 8.18. The number of benzene rings is 3. The van der Waals surface area contributed by atoms with Gasteiger partial charge in [-0.05, 0) is 48.7 Å². The Morgan fingerprint density at radius 2 is 1.76 bits per heavy atom. The summed E-state index contributed by atoms with van der Waals surface area (Å²) >= 11 is 6.23. The van der Waals surface area contributed by atoms with Crippen LogP contribution in [0.15, 0.2) is 84.4 Å². The highest BCUT2D eigenvalue weighted by Gasteiger charge is 2.45. The van der Waals surface area contributed by atoms with E-state index in [0.29, 0.717) is 41.5 Å². The van der Waals surface area contributed by atoms with E-state index in [1.54, 1.807) is 42.5 Å². The second-order valence-electron chi connectivity index (χ2n) is 7.74. The molecule has 3 aromatic rings. The van der Waals surface area contributed by atoms with Crippen molar-refractivity contribution in [3.8, 4) is 5.75 Å². The van der Waals surface area contributed by atoms with Gasteiger partial charge in [0, 0.05) is 17.1 Å². The van der Waals surface area contributed by atoms with Crippen molar-refractivity contribution in [2.45, 2.75) is 19.4 Å². The van der Waals surface area contributed by atoms with E-state index in [-0.39, 0.29) is 11.3 Å². The molecule has 3 aromatic carbocycles. The van der Waals surface area contributed by atoms with Crippen LogP contribution in [-0.4, -0.2) is 34.8 Å². The zero-order valence-corrected chi connectivity index (χ0v) is 19.0. The lowest BCUT2D eigenvalue weighted by atomic mass is 9.95. The normalized spacial score (nSPS) is 17.4. The van der Waals surface area contributed by atoms with E-state index in [9.17, 15) is 14.7 Å². The van der Waals surface area contributed by atoms with E-state index in [4.69, 9.17) is 16.3 Å². The lowest BCUT2D eigenvalue weighted by Crippen LogP contribution is -2.31. The average Bonchev–Trinajstić information content (AvgIpc) is 3.08. The Labute approximate surface area is 197 Å². The summed E-state index contributed by atoms with van der Waals surface area (Å²) in [7, 11) is 0. The van der Waals surface area contributed by atoms with Crippen molar-refractivity contribution in [1.82, 2.24) is 4.90 Å². The number of aliphatic hydroxyl groups is 1. The summed E-state index contributed by atoms with van der Waals surface area (Å²) in [4.78, 5) is 27.7. The summed E-state index contributed by atoms with van der Waals surface area (Å²) in [6.45, 7) is 2.65. The van der Waals surface area contributed by atoms with Gasteiger partial charge in [-0.1, -0.05) is 66.2 Å². The maximum Gasteiger partial charge on any atom is 0.295 e. The highest BCUT2D eigenvalue weighted by molar-refractivity contribution is 6.46. The van der Waals surface area contributed by atoms with Crippen LogP contribution in [0.5, 0.6) is 5.75 Å². The quantitative estimate of drug-likeness (QED) is 0.290. The largest absolute Gasteiger partial charge is 0.507 e. The van der Waals surface area contributed by atoms with Crippen molar-refractivity contribution in [2.75, 3.05) is 13.2 Å². The first-order chi connectivity index (χ1) is 16.0. The fourth-order valence-electron chi connectivity index (χ4n) is 4.08. The third kappa shape index (κ3) is 4.78. The van der Waals surface area contributed by atoms with Crippen molar-refractivity contribution >= 4 is 29.1 Å². The highest BCUT2D eigenvalue weighted by atomic mass is 35.5. The Kier molecular flexibility index (Phi) is 6.80. The van der Waals surface area contributed by atoms with Crippen molar-refractivity contribution in [3.63, 3.8) is 0 Å². The predicted octanol–water partition coefficient (Wildman–Crippen LogP) is 5.40. The summed E-state index contributed by atoms with van der Waals surface area (Å²) in [5.41, 5.74) is 2.17. The zero-order chi connectivity index (χ0) is 23.4. The minimum atomic E-state index is -0.747. The number of rotatable bonds is 7. The molecule has 1 amide bonds. The van der Waals surface area contributed by atoms with Gasteiger partial charge in [0.15, 0.2) is 0 Å². The molecule has 1 atom stereocenters. The number of hydrogen-bond acceptors (Lipinski definition) is 4. The first-order valence-corrected chi connectivity index (χ1v) is 11.2. The molecule has 5 nitrogen and oxygen atoms in total. The SMILES string of the molecule is CCOc1cccc(C(O)=C2C(=O)C(=O)N(CCc3ccccc3)C2c2cccc(Cl)c2)c1. The van der Waals surface area contributed by atoms with Crippen molar-refractivity contribution in [1.29, 1.82) is 0 Å². The molecule has 1 saturated heterocycles. The number of nitrogens with zero attached hydrogens (tertiary/aromatic N) is 1. The molecule has 0 radical (unpaired) electrons. The van der Waals surface area contributed by atoms with Crippen LogP contribution in [0.3, 0.4) is 0 Å². The van der Waals surface area contributed by atoms with Crippen LogP contribution in [0.2, 0.25) is 5.02 Å². The molecule has 0 aromatic heterocycles. The van der Waals surface area contributed by atoms with Crippen LogP contribution >= 0.6 is 11.6 Å². The van der Waals surface area contributed by atoms with Crippen LogP contribution in [0.4, 0.5) is 0 Å². The maximum atomic E-state index is 13.1. The Balaban J connectivity index is 1.79. The Morgan fingerprint density at radius 3 is 2.48 bits per heavy atom. The van der Waals surface area contributed by atoms with E-state index < -0.39 is 17.7 Å². The van der Waals surface area contributed by atoms with Crippen LogP contribution in [-0.2, 0) is 16.0 Å². The number of carbonyl (C=O) groups excluding carboxylic acids is 2. The standard InChI is InChI=1S/C27H24ClNO4/c1-2-33-22-13-7-11-20(17-22)25(30)23-24(19-10-6-12-21(28)16-19)29(27(32)26(23)31)15-14-18-8-4-3-5-9-18/h3-13,16-17,24,30H,2,14-15H2,1H3. The number of halogens is 1. The molecule has 6 heteroatoms. The Bertz CT molecular complexity index is 1210. The maximum absolute atomic E-state index is 13.1. The summed E-state index contributed by atoms with van der Waals surface area (Å²) in [5.74, 6) is -1.02. The lowest BCUT2D eigenvalue weighted by molar-refractivity contribution is -0.139. The van der Waals surface area contributed by atoms with Gasteiger partial charge in [0.25, 0.3) is 11.7 Å². The number of ketones is 1. The molecule has 33 heavy (non-hydrogen) atoms. The van der Waals surface area contributed by atoms with Gasteiger partial charge in [0.05, 0.1) is 18.2 Å². The molecule has 1 aliphatic rings. The predicted molar refractivity (Wildman–Crippen MR) is 128 cm³/mol. The molecule has 0 saturated carbocycles. The smallest absolute Gasteiger partial charge is 0.295 e. The molecule has 1 heterocycles. The molecule has 0 bridgehead atoms. The number of likely N-dealkylation sites (tertiary alicyclic amines) is 1. The molecule has 1 aliphatic heterocycles.